The molecule has 0 spiro atoms. The molecule has 1 heterocycles. The molecule has 0 aromatic carbocycles. The number of fused-ring (bicyclic) bond motifs is 1. The summed E-state index contributed by atoms with van der Waals surface area (Å²) < 4.78 is 24.5. The topological polar surface area (TPSA) is 36.9 Å². The summed E-state index contributed by atoms with van der Waals surface area (Å²) in [6.45, 7) is 25.4. The molecule has 1 saturated heterocycles. The average Bonchev–Trinajstić information content (AvgIpc) is 3.66. The van der Waals surface area contributed by atoms with Crippen molar-refractivity contribution in [3.05, 3.63) is 24.8 Å². The van der Waals surface area contributed by atoms with E-state index in [-0.39, 0.29) is 6.10 Å². The number of rotatable bonds is 38. The number of ether oxygens (including phenoxy) is 4. The zero-order chi connectivity index (χ0) is 46.4. The Labute approximate surface area is 406 Å². The summed E-state index contributed by atoms with van der Waals surface area (Å²) in [6, 6.07) is 0. The fourth-order valence-corrected chi connectivity index (χ4v) is 14.0. The predicted octanol–water partition coefficient (Wildman–Crippen LogP) is 18.1. The Kier molecular flexibility index (Phi) is 29.6. The van der Waals surface area contributed by atoms with Gasteiger partial charge in [-0.05, 0) is 180 Å². The van der Waals surface area contributed by atoms with E-state index in [2.05, 4.69) is 66.3 Å². The molecule has 380 valence electrons. The first-order valence-corrected chi connectivity index (χ1v) is 29.3. The SMILES string of the molecule is C=CC[C@@H]1[C@@H](C2(C)CCC(CCCCOCCCOC(COCCCCCCCC/C=C\CCCCCCCC)CC3CCOCC3)CC2)CC[C@]2(C)[C@@H]([C@H](C)CCCC(C)C)CC[C@@H]12. The van der Waals surface area contributed by atoms with Crippen LogP contribution in [0.4, 0.5) is 0 Å². The minimum Gasteiger partial charge on any atom is -0.381 e. The minimum absolute atomic E-state index is 0.198. The molecule has 4 rings (SSSR count). The summed E-state index contributed by atoms with van der Waals surface area (Å²) in [5.41, 5.74) is 1.08. The lowest BCUT2D eigenvalue weighted by Crippen LogP contribution is -2.48. The van der Waals surface area contributed by atoms with Crippen molar-refractivity contribution in [2.24, 2.45) is 58.2 Å². The number of unbranched alkanes of at least 4 members (excludes halogenated alkanes) is 13. The molecule has 1 unspecified atom stereocenters. The van der Waals surface area contributed by atoms with Crippen LogP contribution in [0.25, 0.3) is 0 Å². The Morgan fingerprint density at radius 1 is 0.615 bits per heavy atom. The summed E-state index contributed by atoms with van der Waals surface area (Å²) in [7, 11) is 0. The molecule has 65 heavy (non-hydrogen) atoms. The second-order valence-electron chi connectivity index (χ2n) is 23.8. The zero-order valence-electron chi connectivity index (χ0n) is 44.6. The summed E-state index contributed by atoms with van der Waals surface area (Å²) in [5.74, 6) is 6.93. The Bertz CT molecular complexity index is 1180. The highest BCUT2D eigenvalue weighted by molar-refractivity contribution is 5.07. The summed E-state index contributed by atoms with van der Waals surface area (Å²) >= 11 is 0. The summed E-state index contributed by atoms with van der Waals surface area (Å²) in [5, 5.41) is 0. The summed E-state index contributed by atoms with van der Waals surface area (Å²) in [6.07, 6.45) is 51.6. The van der Waals surface area contributed by atoms with Gasteiger partial charge in [0, 0.05) is 39.6 Å². The lowest BCUT2D eigenvalue weighted by molar-refractivity contribution is -0.0629. The third kappa shape index (κ3) is 21.5. The minimum atomic E-state index is 0.198. The van der Waals surface area contributed by atoms with Crippen LogP contribution in [0, 0.1) is 58.2 Å². The van der Waals surface area contributed by atoms with E-state index in [1.165, 1.54) is 186 Å². The molecule has 0 bridgehead atoms. The molecule has 0 radical (unpaired) electrons. The highest BCUT2D eigenvalue weighted by atomic mass is 16.5. The van der Waals surface area contributed by atoms with E-state index in [9.17, 15) is 0 Å². The molecule has 3 saturated carbocycles. The number of allylic oxidation sites excluding steroid dienone is 3. The highest BCUT2D eigenvalue weighted by Gasteiger charge is 2.57. The fraction of sp³-hybridized carbons (Fsp3) is 0.934. The summed E-state index contributed by atoms with van der Waals surface area (Å²) in [4.78, 5) is 0. The number of hydrogen-bond donors (Lipinski definition) is 0. The molecule has 4 aliphatic rings. The van der Waals surface area contributed by atoms with E-state index in [0.29, 0.717) is 16.7 Å². The third-order valence-electron chi connectivity index (χ3n) is 18.2. The molecule has 0 N–H and O–H groups in total. The largest absolute Gasteiger partial charge is 0.381 e. The third-order valence-corrected chi connectivity index (χ3v) is 18.2. The monoisotopic (exact) mass is 909 g/mol. The van der Waals surface area contributed by atoms with Crippen LogP contribution in [0.5, 0.6) is 0 Å². The van der Waals surface area contributed by atoms with Gasteiger partial charge in [-0.15, -0.1) is 6.58 Å². The normalized spacial score (nSPS) is 28.6. The number of hydrogen-bond acceptors (Lipinski definition) is 4. The average molecular weight is 910 g/mol. The molecule has 0 aromatic rings. The molecule has 1 aliphatic heterocycles. The Balaban J connectivity index is 1.02. The predicted molar refractivity (Wildman–Crippen MR) is 281 cm³/mol. The first-order chi connectivity index (χ1) is 31.7. The molecule has 0 amide bonds. The molecule has 7 atom stereocenters. The van der Waals surface area contributed by atoms with Gasteiger partial charge < -0.3 is 18.9 Å². The van der Waals surface area contributed by atoms with Crippen LogP contribution in [-0.2, 0) is 18.9 Å². The first-order valence-electron chi connectivity index (χ1n) is 29.3. The van der Waals surface area contributed by atoms with E-state index in [1.54, 1.807) is 0 Å². The van der Waals surface area contributed by atoms with Crippen molar-refractivity contribution in [2.45, 2.75) is 260 Å². The lowest BCUT2D eigenvalue weighted by atomic mass is 9.49. The quantitative estimate of drug-likeness (QED) is 0.0457. The van der Waals surface area contributed by atoms with Gasteiger partial charge in [0.1, 0.15) is 0 Å². The van der Waals surface area contributed by atoms with Crippen molar-refractivity contribution in [3.8, 4) is 0 Å². The van der Waals surface area contributed by atoms with E-state index in [1.807, 2.05) is 0 Å². The van der Waals surface area contributed by atoms with Crippen LogP contribution >= 0.6 is 0 Å². The van der Waals surface area contributed by atoms with Crippen molar-refractivity contribution in [2.75, 3.05) is 46.2 Å². The van der Waals surface area contributed by atoms with Gasteiger partial charge in [0.05, 0.1) is 12.7 Å². The van der Waals surface area contributed by atoms with Gasteiger partial charge in [-0.25, -0.2) is 0 Å². The van der Waals surface area contributed by atoms with Gasteiger partial charge in [-0.3, -0.25) is 0 Å². The van der Waals surface area contributed by atoms with Crippen molar-refractivity contribution < 1.29 is 18.9 Å². The van der Waals surface area contributed by atoms with Crippen molar-refractivity contribution in [1.29, 1.82) is 0 Å². The van der Waals surface area contributed by atoms with Gasteiger partial charge in [-0.1, -0.05) is 150 Å². The molecule has 4 fully saturated rings. The van der Waals surface area contributed by atoms with Crippen LogP contribution in [-0.4, -0.2) is 52.4 Å². The Morgan fingerprint density at radius 3 is 1.95 bits per heavy atom. The second-order valence-corrected chi connectivity index (χ2v) is 23.8. The molecule has 4 nitrogen and oxygen atoms in total. The molecule has 0 aromatic heterocycles. The maximum absolute atomic E-state index is 6.47. The van der Waals surface area contributed by atoms with E-state index in [0.717, 1.165) is 113 Å². The Morgan fingerprint density at radius 2 is 1.26 bits per heavy atom. The van der Waals surface area contributed by atoms with Crippen LogP contribution in [0.2, 0.25) is 0 Å². The maximum atomic E-state index is 6.47. The van der Waals surface area contributed by atoms with E-state index in [4.69, 9.17) is 18.9 Å². The van der Waals surface area contributed by atoms with Crippen LogP contribution in [0.1, 0.15) is 253 Å². The van der Waals surface area contributed by atoms with Crippen LogP contribution in [0.15, 0.2) is 24.8 Å². The standard InChI is InChI=1S/C61H112O4/c1-8-10-11-12-13-14-15-16-17-18-19-20-21-22-23-25-44-64-50-55(49-54-38-47-63-48-39-54)65-46-28-45-62-43-26-24-32-53-35-40-60(6,41-36-53)58-37-42-61(7)57(52(5)31-27-30-51(3)4)33-34-59(61)56(58)29-9-2/h9,16-17,51-59H,2,8,10-15,18-50H2,1,3-7H3/b17-16-/t52-,53?,55?,56-,57-,58+,59+,60?,61-/m1/s1. The fourth-order valence-electron chi connectivity index (χ4n) is 14.0. The molecule has 4 heteroatoms. The zero-order valence-corrected chi connectivity index (χ0v) is 44.6. The molecular formula is C61H112O4. The highest BCUT2D eigenvalue weighted by Crippen LogP contribution is 2.65. The van der Waals surface area contributed by atoms with Crippen molar-refractivity contribution in [1.82, 2.24) is 0 Å². The van der Waals surface area contributed by atoms with Crippen LogP contribution < -0.4 is 0 Å². The second kappa shape index (κ2) is 33.8. The van der Waals surface area contributed by atoms with Crippen molar-refractivity contribution >= 4 is 0 Å². The van der Waals surface area contributed by atoms with Crippen LogP contribution in [0.3, 0.4) is 0 Å². The molecular weight excluding hydrogens is 797 g/mol. The lowest BCUT2D eigenvalue weighted by Gasteiger charge is -2.56. The molecule has 3 aliphatic carbocycles. The van der Waals surface area contributed by atoms with Gasteiger partial charge in [0.25, 0.3) is 0 Å². The van der Waals surface area contributed by atoms with Gasteiger partial charge in [0.15, 0.2) is 0 Å². The van der Waals surface area contributed by atoms with E-state index < -0.39 is 0 Å². The van der Waals surface area contributed by atoms with Gasteiger partial charge in [-0.2, -0.15) is 0 Å². The maximum Gasteiger partial charge on any atom is 0.0811 e. The van der Waals surface area contributed by atoms with E-state index >= 15 is 0 Å². The first kappa shape index (κ1) is 56.9. The smallest absolute Gasteiger partial charge is 0.0811 e. The Hall–Kier alpha value is -0.680. The van der Waals surface area contributed by atoms with Crippen molar-refractivity contribution in [3.63, 3.8) is 0 Å². The van der Waals surface area contributed by atoms with Gasteiger partial charge in [0.2, 0.25) is 0 Å². The van der Waals surface area contributed by atoms with Gasteiger partial charge >= 0.3 is 0 Å².